The van der Waals surface area contributed by atoms with Gasteiger partial charge in [-0.1, -0.05) is 13.8 Å². The number of esters is 1. The standard InChI is InChI=1S/C27H36N4O5/c1-5-31-22-20(14-27(16-29-24(22)33)10-12-35-13-11-27)21(30-31)15-26(2,3)17-36-25(34)19-8-6-18(7-9-19)23(32)28-4/h6-9H,5,10-17H2,1-4H3,(H,28,32)(H,29,33). The second-order valence-electron chi connectivity index (χ2n) is 10.6. The van der Waals surface area contributed by atoms with E-state index in [0.717, 1.165) is 30.5 Å². The van der Waals surface area contributed by atoms with Gasteiger partial charge in [-0.15, -0.1) is 0 Å². The Bertz CT molecular complexity index is 1130. The Kier molecular flexibility index (Phi) is 7.49. The van der Waals surface area contributed by atoms with Gasteiger partial charge < -0.3 is 20.1 Å². The van der Waals surface area contributed by atoms with Gasteiger partial charge in [0.1, 0.15) is 5.69 Å². The largest absolute Gasteiger partial charge is 0.462 e. The monoisotopic (exact) mass is 496 g/mol. The summed E-state index contributed by atoms with van der Waals surface area (Å²) >= 11 is 0. The van der Waals surface area contributed by atoms with Crippen LogP contribution < -0.4 is 10.6 Å². The summed E-state index contributed by atoms with van der Waals surface area (Å²) in [6, 6.07) is 6.39. The van der Waals surface area contributed by atoms with Crippen LogP contribution in [0.2, 0.25) is 0 Å². The minimum Gasteiger partial charge on any atom is -0.462 e. The number of ether oxygens (including phenoxy) is 2. The number of amides is 2. The van der Waals surface area contributed by atoms with E-state index in [9.17, 15) is 14.4 Å². The Morgan fingerprint density at radius 3 is 2.50 bits per heavy atom. The molecule has 36 heavy (non-hydrogen) atoms. The number of carbonyl (C=O) groups excluding carboxylic acids is 3. The van der Waals surface area contributed by atoms with Crippen molar-refractivity contribution < 1.29 is 23.9 Å². The molecule has 0 aliphatic carbocycles. The van der Waals surface area contributed by atoms with Gasteiger partial charge in [0.2, 0.25) is 0 Å². The number of carbonyl (C=O) groups is 3. The first-order chi connectivity index (χ1) is 17.2. The molecule has 9 nitrogen and oxygen atoms in total. The SMILES string of the molecule is CCn1nc(CC(C)(C)COC(=O)c2ccc(C(=O)NC)cc2)c2c1C(=O)NCC1(CCOCC1)C2. The lowest BCUT2D eigenvalue weighted by Gasteiger charge is -2.36. The van der Waals surface area contributed by atoms with E-state index in [2.05, 4.69) is 10.6 Å². The predicted octanol–water partition coefficient (Wildman–Crippen LogP) is 2.77. The zero-order valence-electron chi connectivity index (χ0n) is 21.6. The van der Waals surface area contributed by atoms with Crippen molar-refractivity contribution in [1.82, 2.24) is 20.4 Å². The molecule has 3 heterocycles. The predicted molar refractivity (Wildman–Crippen MR) is 134 cm³/mol. The van der Waals surface area contributed by atoms with Crippen LogP contribution in [0, 0.1) is 10.8 Å². The van der Waals surface area contributed by atoms with Crippen molar-refractivity contribution in [2.45, 2.75) is 53.0 Å². The first-order valence-corrected chi connectivity index (χ1v) is 12.6. The Balaban J connectivity index is 1.49. The third-order valence-corrected chi connectivity index (χ3v) is 7.23. The Morgan fingerprint density at radius 2 is 1.86 bits per heavy atom. The van der Waals surface area contributed by atoms with Crippen molar-refractivity contribution >= 4 is 17.8 Å². The molecule has 2 amide bonds. The zero-order valence-corrected chi connectivity index (χ0v) is 21.6. The van der Waals surface area contributed by atoms with E-state index < -0.39 is 11.4 Å². The number of nitrogens with one attached hydrogen (secondary N) is 2. The van der Waals surface area contributed by atoms with Crippen molar-refractivity contribution in [1.29, 1.82) is 0 Å². The molecule has 1 saturated heterocycles. The number of rotatable bonds is 7. The quantitative estimate of drug-likeness (QED) is 0.570. The molecule has 2 N–H and O–H groups in total. The molecule has 1 spiro atoms. The van der Waals surface area contributed by atoms with Crippen LogP contribution >= 0.6 is 0 Å². The first-order valence-electron chi connectivity index (χ1n) is 12.6. The number of benzene rings is 1. The fourth-order valence-electron chi connectivity index (χ4n) is 5.06. The lowest BCUT2D eigenvalue weighted by atomic mass is 9.74. The number of hydrogen-bond donors (Lipinski definition) is 2. The molecule has 1 aromatic heterocycles. The number of aryl methyl sites for hydroxylation is 1. The van der Waals surface area contributed by atoms with Gasteiger partial charge in [-0.05, 0) is 55.9 Å². The Labute approximate surface area is 211 Å². The molecule has 0 atom stereocenters. The maximum absolute atomic E-state index is 13.0. The highest BCUT2D eigenvalue weighted by atomic mass is 16.5. The van der Waals surface area contributed by atoms with Crippen LogP contribution in [0.4, 0.5) is 0 Å². The highest BCUT2D eigenvalue weighted by Gasteiger charge is 2.40. The molecule has 2 aromatic rings. The Hall–Kier alpha value is -3.20. The number of nitrogens with zero attached hydrogens (tertiary/aromatic N) is 2. The van der Waals surface area contributed by atoms with Crippen LogP contribution in [0.25, 0.3) is 0 Å². The molecule has 0 bridgehead atoms. The molecule has 1 aromatic carbocycles. The van der Waals surface area contributed by atoms with E-state index >= 15 is 0 Å². The van der Waals surface area contributed by atoms with Crippen molar-refractivity contribution in [2.24, 2.45) is 10.8 Å². The third kappa shape index (κ3) is 5.46. The minimum absolute atomic E-state index is 0.0209. The molecule has 0 saturated carbocycles. The van der Waals surface area contributed by atoms with E-state index in [4.69, 9.17) is 14.6 Å². The third-order valence-electron chi connectivity index (χ3n) is 7.23. The average Bonchev–Trinajstić information content (AvgIpc) is 3.14. The summed E-state index contributed by atoms with van der Waals surface area (Å²) in [6.07, 6.45) is 3.17. The van der Waals surface area contributed by atoms with E-state index in [1.54, 1.807) is 36.0 Å². The van der Waals surface area contributed by atoms with E-state index in [1.165, 1.54) is 0 Å². The average molecular weight is 497 g/mol. The van der Waals surface area contributed by atoms with Crippen LogP contribution in [0.1, 0.15) is 76.1 Å². The Morgan fingerprint density at radius 1 is 1.19 bits per heavy atom. The van der Waals surface area contributed by atoms with Gasteiger partial charge in [0.15, 0.2) is 0 Å². The summed E-state index contributed by atoms with van der Waals surface area (Å²) in [7, 11) is 1.56. The molecule has 1 fully saturated rings. The zero-order chi connectivity index (χ0) is 25.9. The van der Waals surface area contributed by atoms with E-state index in [1.807, 2.05) is 20.8 Å². The van der Waals surface area contributed by atoms with E-state index in [-0.39, 0.29) is 23.8 Å². The molecular formula is C27H36N4O5. The minimum atomic E-state index is -0.440. The van der Waals surface area contributed by atoms with Gasteiger partial charge in [0, 0.05) is 56.3 Å². The maximum atomic E-state index is 13.0. The molecule has 9 heteroatoms. The maximum Gasteiger partial charge on any atom is 0.338 e. The summed E-state index contributed by atoms with van der Waals surface area (Å²) in [5.74, 6) is -0.721. The molecule has 194 valence electrons. The van der Waals surface area contributed by atoms with Crippen molar-refractivity contribution in [3.8, 4) is 0 Å². The fourth-order valence-corrected chi connectivity index (χ4v) is 5.06. The number of aromatic nitrogens is 2. The van der Waals surface area contributed by atoms with Crippen LogP contribution in [0.15, 0.2) is 24.3 Å². The van der Waals surface area contributed by atoms with Crippen molar-refractivity contribution in [3.63, 3.8) is 0 Å². The lowest BCUT2D eigenvalue weighted by molar-refractivity contribution is 0.0159. The molecular weight excluding hydrogens is 460 g/mol. The van der Waals surface area contributed by atoms with Gasteiger partial charge in [0.05, 0.1) is 17.9 Å². The molecule has 0 unspecified atom stereocenters. The van der Waals surface area contributed by atoms with Crippen molar-refractivity contribution in [2.75, 3.05) is 33.4 Å². The highest BCUT2D eigenvalue weighted by molar-refractivity contribution is 5.96. The molecule has 2 aliphatic rings. The van der Waals surface area contributed by atoms with Crippen LogP contribution in [0.3, 0.4) is 0 Å². The molecule has 0 radical (unpaired) electrons. The normalized spacial score (nSPS) is 17.2. The smallest absolute Gasteiger partial charge is 0.338 e. The second-order valence-corrected chi connectivity index (χ2v) is 10.6. The van der Waals surface area contributed by atoms with Crippen LogP contribution in [-0.4, -0.2) is 61.0 Å². The fraction of sp³-hybridized carbons (Fsp3) is 0.556. The summed E-state index contributed by atoms with van der Waals surface area (Å²) < 4.78 is 13.1. The summed E-state index contributed by atoms with van der Waals surface area (Å²) in [4.78, 5) is 37.4. The van der Waals surface area contributed by atoms with Crippen molar-refractivity contribution in [3.05, 3.63) is 52.3 Å². The lowest BCUT2D eigenvalue weighted by Crippen LogP contribution is -2.40. The second kappa shape index (κ2) is 10.4. The summed E-state index contributed by atoms with van der Waals surface area (Å²) in [5, 5.41) is 10.5. The molecule has 2 aliphatic heterocycles. The van der Waals surface area contributed by atoms with Crippen LogP contribution in [0.5, 0.6) is 0 Å². The number of hydrogen-bond acceptors (Lipinski definition) is 6. The number of fused-ring (bicyclic) bond motifs is 1. The first kappa shape index (κ1) is 25.9. The molecule has 4 rings (SSSR count). The topological polar surface area (TPSA) is 112 Å². The highest BCUT2D eigenvalue weighted by Crippen LogP contribution is 2.38. The van der Waals surface area contributed by atoms with Gasteiger partial charge in [0.25, 0.3) is 11.8 Å². The van der Waals surface area contributed by atoms with Gasteiger partial charge >= 0.3 is 5.97 Å². The van der Waals surface area contributed by atoms with Gasteiger partial charge in [-0.25, -0.2) is 4.79 Å². The van der Waals surface area contributed by atoms with Crippen LogP contribution in [-0.2, 0) is 28.9 Å². The summed E-state index contributed by atoms with van der Waals surface area (Å²) in [6.45, 7) is 8.91. The summed E-state index contributed by atoms with van der Waals surface area (Å²) in [5.41, 5.74) is 3.01. The van der Waals surface area contributed by atoms with E-state index in [0.29, 0.717) is 49.5 Å². The van der Waals surface area contributed by atoms with Gasteiger partial charge in [-0.2, -0.15) is 5.10 Å². The van der Waals surface area contributed by atoms with Gasteiger partial charge in [-0.3, -0.25) is 14.3 Å².